The Morgan fingerprint density at radius 1 is 0.971 bits per heavy atom. The van der Waals surface area contributed by atoms with Crippen LogP contribution in [0.1, 0.15) is 23.1 Å². The molecule has 0 aliphatic carbocycles. The van der Waals surface area contributed by atoms with Gasteiger partial charge in [-0.05, 0) is 38.2 Å². The van der Waals surface area contributed by atoms with Crippen molar-refractivity contribution in [1.82, 2.24) is 20.2 Å². The Morgan fingerprint density at radius 3 is 2.44 bits per heavy atom. The van der Waals surface area contributed by atoms with Crippen LogP contribution in [0, 0.1) is 0 Å². The Balaban J connectivity index is 1.76. The van der Waals surface area contributed by atoms with Gasteiger partial charge in [0.05, 0.1) is 16.7 Å². The molecule has 2 amide bonds. The molecule has 3 N–H and O–H groups in total. The molecule has 34 heavy (non-hydrogen) atoms. The number of fused-ring (bicyclic) bond motifs is 2. The van der Waals surface area contributed by atoms with Crippen LogP contribution in [-0.2, 0) is 22.3 Å². The fourth-order valence-electron chi connectivity index (χ4n) is 4.53. The lowest BCUT2D eigenvalue weighted by Gasteiger charge is -2.09. The number of nitrogens with zero attached hydrogens (tertiary/aromatic N) is 1. The number of aromatic nitrogens is 2. The molecule has 0 saturated carbocycles. The molecule has 4 aromatic rings. The van der Waals surface area contributed by atoms with Crippen molar-refractivity contribution in [2.24, 2.45) is 0 Å². The predicted octanol–water partition coefficient (Wildman–Crippen LogP) is 4.32. The van der Waals surface area contributed by atoms with Gasteiger partial charge in [-0.1, -0.05) is 24.3 Å². The fraction of sp³-hybridized carbons (Fsp3) is 0.200. The highest BCUT2D eigenvalue weighted by molar-refractivity contribution is 6.50. The first-order valence-electron chi connectivity index (χ1n) is 10.8. The van der Waals surface area contributed by atoms with Crippen molar-refractivity contribution in [3.05, 3.63) is 71.5 Å². The van der Waals surface area contributed by atoms with Gasteiger partial charge in [0.1, 0.15) is 0 Å². The van der Waals surface area contributed by atoms with Crippen LogP contribution < -0.4 is 10.6 Å². The minimum absolute atomic E-state index is 0.159. The van der Waals surface area contributed by atoms with E-state index < -0.39 is 23.6 Å². The maximum Gasteiger partial charge on any atom is 0.416 e. The molecule has 174 valence electrons. The fourth-order valence-corrected chi connectivity index (χ4v) is 4.53. The maximum atomic E-state index is 13.4. The summed E-state index contributed by atoms with van der Waals surface area (Å²) in [7, 11) is 1.80. The largest absolute Gasteiger partial charge is 0.416 e. The van der Waals surface area contributed by atoms with E-state index in [0.717, 1.165) is 23.0 Å². The van der Waals surface area contributed by atoms with Gasteiger partial charge in [0.25, 0.3) is 11.8 Å². The van der Waals surface area contributed by atoms with Crippen molar-refractivity contribution in [2.45, 2.75) is 19.1 Å². The SMILES string of the molecule is CNCCCn1cc(C2=C(c3c[nH]c4ccccc34)C(=O)NC2=O)c2ccc(C(F)(F)F)cc21. The van der Waals surface area contributed by atoms with E-state index in [1.807, 2.05) is 24.3 Å². The Kier molecular flexibility index (Phi) is 5.28. The molecule has 5 rings (SSSR count). The van der Waals surface area contributed by atoms with E-state index in [2.05, 4.69) is 15.6 Å². The number of aryl methyl sites for hydroxylation is 1. The number of imide groups is 1. The van der Waals surface area contributed by atoms with E-state index in [4.69, 9.17) is 0 Å². The van der Waals surface area contributed by atoms with Gasteiger partial charge in [-0.3, -0.25) is 14.9 Å². The van der Waals surface area contributed by atoms with Crippen LogP contribution in [0.25, 0.3) is 33.0 Å². The van der Waals surface area contributed by atoms with Crippen LogP contribution in [0.15, 0.2) is 54.9 Å². The third-order valence-electron chi connectivity index (χ3n) is 6.09. The molecule has 1 aliphatic heterocycles. The van der Waals surface area contributed by atoms with E-state index in [1.165, 1.54) is 6.07 Å². The molecule has 0 fully saturated rings. The first-order valence-corrected chi connectivity index (χ1v) is 10.8. The number of amides is 2. The second-order valence-electron chi connectivity index (χ2n) is 8.20. The number of benzene rings is 2. The van der Waals surface area contributed by atoms with Gasteiger partial charge >= 0.3 is 6.18 Å². The number of aromatic amines is 1. The average molecular weight is 466 g/mol. The third kappa shape index (κ3) is 3.58. The van der Waals surface area contributed by atoms with Crippen LogP contribution in [-0.4, -0.2) is 35.0 Å². The summed E-state index contributed by atoms with van der Waals surface area (Å²) in [5.41, 5.74) is 1.76. The van der Waals surface area contributed by atoms with Gasteiger partial charge in [-0.15, -0.1) is 0 Å². The highest BCUT2D eigenvalue weighted by Crippen LogP contribution is 2.40. The topological polar surface area (TPSA) is 78.9 Å². The van der Waals surface area contributed by atoms with Gasteiger partial charge in [0.15, 0.2) is 0 Å². The number of halogens is 3. The van der Waals surface area contributed by atoms with Crippen LogP contribution in [0.4, 0.5) is 13.2 Å². The quantitative estimate of drug-likeness (QED) is 0.293. The second-order valence-corrected chi connectivity index (χ2v) is 8.20. The van der Waals surface area contributed by atoms with Gasteiger partial charge in [-0.2, -0.15) is 13.2 Å². The zero-order valence-electron chi connectivity index (χ0n) is 18.2. The molecule has 0 atom stereocenters. The number of para-hydroxylation sites is 1. The van der Waals surface area contributed by atoms with Crippen molar-refractivity contribution in [2.75, 3.05) is 13.6 Å². The van der Waals surface area contributed by atoms with Crippen LogP contribution in [0.5, 0.6) is 0 Å². The maximum absolute atomic E-state index is 13.4. The van der Waals surface area contributed by atoms with E-state index in [0.29, 0.717) is 41.5 Å². The molecule has 2 aromatic carbocycles. The molecule has 6 nitrogen and oxygen atoms in total. The van der Waals surface area contributed by atoms with Crippen molar-refractivity contribution >= 4 is 44.8 Å². The molecule has 9 heteroatoms. The van der Waals surface area contributed by atoms with Gasteiger partial charge < -0.3 is 14.9 Å². The lowest BCUT2D eigenvalue weighted by atomic mass is 9.95. The first kappa shape index (κ1) is 22.0. The normalized spacial score (nSPS) is 14.6. The number of carbonyl (C=O) groups is 2. The summed E-state index contributed by atoms with van der Waals surface area (Å²) in [6.45, 7) is 1.13. The Labute approximate surface area is 192 Å². The summed E-state index contributed by atoms with van der Waals surface area (Å²) >= 11 is 0. The van der Waals surface area contributed by atoms with E-state index in [-0.39, 0.29) is 11.1 Å². The highest BCUT2D eigenvalue weighted by Gasteiger charge is 2.36. The highest BCUT2D eigenvalue weighted by atomic mass is 19.4. The first-order chi connectivity index (χ1) is 16.3. The number of carbonyl (C=O) groups excluding carboxylic acids is 2. The van der Waals surface area contributed by atoms with Crippen molar-refractivity contribution < 1.29 is 22.8 Å². The number of hydrogen-bond acceptors (Lipinski definition) is 3. The minimum atomic E-state index is -4.50. The molecule has 1 aliphatic rings. The van der Waals surface area contributed by atoms with Crippen LogP contribution in [0.2, 0.25) is 0 Å². The van der Waals surface area contributed by atoms with Crippen molar-refractivity contribution in [3.8, 4) is 0 Å². The smallest absolute Gasteiger partial charge is 0.361 e. The second kappa shape index (κ2) is 8.18. The number of H-pyrrole nitrogens is 1. The minimum Gasteiger partial charge on any atom is -0.361 e. The molecule has 0 spiro atoms. The molecule has 3 heterocycles. The summed E-state index contributed by atoms with van der Waals surface area (Å²) in [4.78, 5) is 29.0. The Hall–Kier alpha value is -3.85. The number of alkyl halides is 3. The average Bonchev–Trinajstić information content (AvgIpc) is 3.46. The monoisotopic (exact) mass is 466 g/mol. The van der Waals surface area contributed by atoms with Crippen molar-refractivity contribution in [1.29, 1.82) is 0 Å². The summed E-state index contributed by atoms with van der Waals surface area (Å²) in [6.07, 6.45) is -0.478. The number of hydrogen-bond donors (Lipinski definition) is 3. The van der Waals surface area contributed by atoms with Crippen molar-refractivity contribution in [3.63, 3.8) is 0 Å². The molecule has 0 radical (unpaired) electrons. The molecular weight excluding hydrogens is 445 g/mol. The Bertz CT molecular complexity index is 1480. The van der Waals surface area contributed by atoms with Gasteiger partial charge in [0.2, 0.25) is 0 Å². The van der Waals surface area contributed by atoms with E-state index in [1.54, 1.807) is 24.0 Å². The molecule has 0 bridgehead atoms. The van der Waals surface area contributed by atoms with E-state index in [9.17, 15) is 22.8 Å². The predicted molar refractivity (Wildman–Crippen MR) is 124 cm³/mol. The standard InChI is InChI=1S/C25H21F3N4O2/c1-29-9-4-10-32-13-18(16-8-7-14(11-20(16)32)25(26,27)28)22-21(23(33)31-24(22)34)17-12-30-19-6-3-2-5-15(17)19/h2-3,5-8,11-13,29-30H,4,9-10H2,1H3,(H,31,33,34). The molecule has 0 saturated heterocycles. The number of nitrogens with one attached hydrogen (secondary N) is 3. The van der Waals surface area contributed by atoms with Crippen LogP contribution >= 0.6 is 0 Å². The van der Waals surface area contributed by atoms with Gasteiger partial charge in [-0.25, -0.2) is 0 Å². The van der Waals surface area contributed by atoms with Gasteiger partial charge in [0, 0.05) is 51.9 Å². The zero-order chi connectivity index (χ0) is 24.0. The summed E-state index contributed by atoms with van der Waals surface area (Å²) in [6, 6.07) is 10.9. The Morgan fingerprint density at radius 2 is 1.71 bits per heavy atom. The molecule has 2 aromatic heterocycles. The lowest BCUT2D eigenvalue weighted by Crippen LogP contribution is -2.22. The van der Waals surface area contributed by atoms with Crippen LogP contribution in [0.3, 0.4) is 0 Å². The summed E-state index contributed by atoms with van der Waals surface area (Å²) < 4.78 is 42.0. The molecule has 0 unspecified atom stereocenters. The molecular formula is C25H21F3N4O2. The lowest BCUT2D eigenvalue weighted by molar-refractivity contribution is -0.137. The summed E-state index contributed by atoms with van der Waals surface area (Å²) in [5.74, 6) is -1.10. The summed E-state index contributed by atoms with van der Waals surface area (Å²) in [5, 5.41) is 6.65. The van der Waals surface area contributed by atoms with E-state index >= 15 is 0 Å². The third-order valence-corrected chi connectivity index (χ3v) is 6.09. The zero-order valence-corrected chi connectivity index (χ0v) is 18.2. The number of rotatable bonds is 6.